The minimum atomic E-state index is 0.442. The number of aromatic nitrogens is 1. The number of hydrogen-bond acceptors (Lipinski definition) is 4. The standard InChI is InChI=1S/C12H22N2OS/c1-3-5-10(8-13)11-9-16-12(14-11)6-4-7-15-2/h9-10H,3-8,13H2,1-2H3. The monoisotopic (exact) mass is 242 g/mol. The summed E-state index contributed by atoms with van der Waals surface area (Å²) in [6, 6.07) is 0. The molecule has 1 rings (SSSR count). The molecule has 4 heteroatoms. The van der Waals surface area contributed by atoms with Crippen LogP contribution < -0.4 is 5.73 Å². The molecule has 16 heavy (non-hydrogen) atoms. The molecule has 0 aliphatic rings. The molecule has 0 aliphatic carbocycles. The van der Waals surface area contributed by atoms with Gasteiger partial charge in [-0.3, -0.25) is 0 Å². The van der Waals surface area contributed by atoms with Gasteiger partial charge in [0.15, 0.2) is 0 Å². The van der Waals surface area contributed by atoms with Gasteiger partial charge in [0.25, 0.3) is 0 Å². The number of nitrogens with two attached hydrogens (primary N) is 1. The maximum Gasteiger partial charge on any atom is 0.0929 e. The van der Waals surface area contributed by atoms with Crippen LogP contribution in [0.15, 0.2) is 5.38 Å². The Labute approximate surface area is 102 Å². The van der Waals surface area contributed by atoms with E-state index in [0.717, 1.165) is 25.9 Å². The fraction of sp³-hybridized carbons (Fsp3) is 0.750. The third kappa shape index (κ3) is 4.20. The molecule has 0 spiro atoms. The molecule has 3 nitrogen and oxygen atoms in total. The van der Waals surface area contributed by atoms with Crippen LogP contribution in [0.4, 0.5) is 0 Å². The summed E-state index contributed by atoms with van der Waals surface area (Å²) in [5, 5.41) is 3.37. The predicted molar refractivity (Wildman–Crippen MR) is 69.0 cm³/mol. The SMILES string of the molecule is CCCC(CN)c1csc(CCCOC)n1. The van der Waals surface area contributed by atoms with E-state index in [1.54, 1.807) is 18.4 Å². The summed E-state index contributed by atoms with van der Waals surface area (Å²) in [6.45, 7) is 3.70. The molecule has 0 aliphatic heterocycles. The number of ether oxygens (including phenoxy) is 1. The largest absolute Gasteiger partial charge is 0.385 e. The fourth-order valence-electron chi connectivity index (χ4n) is 1.73. The molecule has 1 aromatic heterocycles. The van der Waals surface area contributed by atoms with Crippen LogP contribution in [-0.4, -0.2) is 25.2 Å². The Morgan fingerprint density at radius 2 is 2.38 bits per heavy atom. The lowest BCUT2D eigenvalue weighted by atomic mass is 10.0. The van der Waals surface area contributed by atoms with Crippen molar-refractivity contribution in [3.8, 4) is 0 Å². The van der Waals surface area contributed by atoms with E-state index in [-0.39, 0.29) is 0 Å². The minimum Gasteiger partial charge on any atom is -0.385 e. The number of hydrogen-bond donors (Lipinski definition) is 1. The summed E-state index contributed by atoms with van der Waals surface area (Å²) in [7, 11) is 1.74. The molecule has 2 N–H and O–H groups in total. The molecule has 92 valence electrons. The van der Waals surface area contributed by atoms with Crippen molar-refractivity contribution in [3.63, 3.8) is 0 Å². The first-order valence-electron chi connectivity index (χ1n) is 5.95. The Kier molecular flexibility index (Phi) is 6.61. The highest BCUT2D eigenvalue weighted by atomic mass is 32.1. The quantitative estimate of drug-likeness (QED) is 0.713. The fourth-order valence-corrected chi connectivity index (χ4v) is 2.65. The molecule has 1 heterocycles. The molecule has 0 saturated carbocycles. The molecule has 0 saturated heterocycles. The topological polar surface area (TPSA) is 48.1 Å². The summed E-state index contributed by atoms with van der Waals surface area (Å²) in [6.07, 6.45) is 4.36. The van der Waals surface area contributed by atoms with Crippen molar-refractivity contribution in [2.75, 3.05) is 20.3 Å². The van der Waals surface area contributed by atoms with Crippen molar-refractivity contribution in [2.24, 2.45) is 5.73 Å². The molecule has 0 bridgehead atoms. The lowest BCUT2D eigenvalue weighted by Gasteiger charge is -2.09. The Morgan fingerprint density at radius 1 is 1.56 bits per heavy atom. The molecule has 0 amide bonds. The average molecular weight is 242 g/mol. The van der Waals surface area contributed by atoms with E-state index < -0.39 is 0 Å². The van der Waals surface area contributed by atoms with Gasteiger partial charge in [0.05, 0.1) is 10.7 Å². The van der Waals surface area contributed by atoms with Crippen molar-refractivity contribution in [1.82, 2.24) is 4.98 Å². The van der Waals surface area contributed by atoms with Gasteiger partial charge in [-0.15, -0.1) is 11.3 Å². The summed E-state index contributed by atoms with van der Waals surface area (Å²) in [5.41, 5.74) is 6.95. The predicted octanol–water partition coefficient (Wildman–Crippen LogP) is 2.56. The van der Waals surface area contributed by atoms with Crippen LogP contribution in [0.3, 0.4) is 0 Å². The first-order chi connectivity index (χ1) is 7.81. The minimum absolute atomic E-state index is 0.442. The van der Waals surface area contributed by atoms with Gasteiger partial charge in [0.2, 0.25) is 0 Å². The number of thiazole rings is 1. The van der Waals surface area contributed by atoms with Gasteiger partial charge in [-0.2, -0.15) is 0 Å². The van der Waals surface area contributed by atoms with Crippen LogP contribution in [-0.2, 0) is 11.2 Å². The Morgan fingerprint density at radius 3 is 3.00 bits per heavy atom. The Balaban J connectivity index is 2.48. The maximum atomic E-state index is 5.77. The normalized spacial score (nSPS) is 12.9. The van der Waals surface area contributed by atoms with E-state index in [0.29, 0.717) is 12.5 Å². The van der Waals surface area contributed by atoms with Crippen molar-refractivity contribution < 1.29 is 4.74 Å². The smallest absolute Gasteiger partial charge is 0.0929 e. The van der Waals surface area contributed by atoms with Gasteiger partial charge in [-0.05, 0) is 12.8 Å². The molecular weight excluding hydrogens is 220 g/mol. The van der Waals surface area contributed by atoms with Crippen molar-refractivity contribution >= 4 is 11.3 Å². The second-order valence-corrected chi connectivity index (χ2v) is 4.93. The molecule has 1 unspecified atom stereocenters. The summed E-state index contributed by atoms with van der Waals surface area (Å²) < 4.78 is 5.03. The number of nitrogens with zero attached hydrogens (tertiary/aromatic N) is 1. The highest BCUT2D eigenvalue weighted by Gasteiger charge is 2.12. The number of methoxy groups -OCH3 is 1. The lowest BCUT2D eigenvalue weighted by molar-refractivity contribution is 0.195. The third-order valence-electron chi connectivity index (χ3n) is 2.65. The van der Waals surface area contributed by atoms with E-state index in [2.05, 4.69) is 17.3 Å². The molecule has 1 aromatic rings. The second kappa shape index (κ2) is 7.76. The Bertz CT molecular complexity index is 288. The van der Waals surface area contributed by atoms with Crippen LogP contribution in [0, 0.1) is 0 Å². The van der Waals surface area contributed by atoms with E-state index in [4.69, 9.17) is 10.5 Å². The summed E-state index contributed by atoms with van der Waals surface area (Å²) in [5.74, 6) is 0.442. The van der Waals surface area contributed by atoms with Gasteiger partial charge in [0, 0.05) is 38.0 Å². The number of rotatable bonds is 8. The summed E-state index contributed by atoms with van der Waals surface area (Å²) >= 11 is 1.75. The molecule has 0 fully saturated rings. The lowest BCUT2D eigenvalue weighted by Crippen LogP contribution is -2.12. The second-order valence-electron chi connectivity index (χ2n) is 3.98. The Hall–Kier alpha value is -0.450. The number of aryl methyl sites for hydroxylation is 1. The van der Waals surface area contributed by atoms with Gasteiger partial charge in [0.1, 0.15) is 0 Å². The summed E-state index contributed by atoms with van der Waals surface area (Å²) in [4.78, 5) is 4.65. The van der Waals surface area contributed by atoms with Gasteiger partial charge >= 0.3 is 0 Å². The van der Waals surface area contributed by atoms with Gasteiger partial charge < -0.3 is 10.5 Å². The zero-order valence-electron chi connectivity index (χ0n) is 10.2. The molecular formula is C12H22N2OS. The van der Waals surface area contributed by atoms with E-state index in [1.807, 2.05) is 0 Å². The van der Waals surface area contributed by atoms with Crippen LogP contribution in [0.2, 0.25) is 0 Å². The maximum absolute atomic E-state index is 5.77. The van der Waals surface area contributed by atoms with Gasteiger partial charge in [-0.25, -0.2) is 4.98 Å². The van der Waals surface area contributed by atoms with E-state index in [1.165, 1.54) is 17.1 Å². The van der Waals surface area contributed by atoms with Crippen molar-refractivity contribution in [2.45, 2.75) is 38.5 Å². The molecule has 0 radical (unpaired) electrons. The zero-order chi connectivity index (χ0) is 11.8. The van der Waals surface area contributed by atoms with Crippen molar-refractivity contribution in [3.05, 3.63) is 16.1 Å². The van der Waals surface area contributed by atoms with Gasteiger partial charge in [-0.1, -0.05) is 13.3 Å². The van der Waals surface area contributed by atoms with Crippen LogP contribution in [0.5, 0.6) is 0 Å². The first kappa shape index (κ1) is 13.6. The highest BCUT2D eigenvalue weighted by Crippen LogP contribution is 2.22. The highest BCUT2D eigenvalue weighted by molar-refractivity contribution is 7.09. The van der Waals surface area contributed by atoms with Crippen LogP contribution in [0.25, 0.3) is 0 Å². The van der Waals surface area contributed by atoms with E-state index in [9.17, 15) is 0 Å². The molecule has 0 aromatic carbocycles. The zero-order valence-corrected chi connectivity index (χ0v) is 11.1. The third-order valence-corrected chi connectivity index (χ3v) is 3.58. The van der Waals surface area contributed by atoms with Crippen LogP contribution >= 0.6 is 11.3 Å². The van der Waals surface area contributed by atoms with E-state index >= 15 is 0 Å². The first-order valence-corrected chi connectivity index (χ1v) is 6.83. The van der Waals surface area contributed by atoms with Crippen LogP contribution in [0.1, 0.15) is 42.8 Å². The average Bonchev–Trinajstić information content (AvgIpc) is 2.75. The van der Waals surface area contributed by atoms with Crippen molar-refractivity contribution in [1.29, 1.82) is 0 Å². The molecule has 1 atom stereocenters.